The van der Waals surface area contributed by atoms with Gasteiger partial charge >= 0.3 is 0 Å². The van der Waals surface area contributed by atoms with Crippen LogP contribution in [-0.4, -0.2) is 32.7 Å². The Morgan fingerprint density at radius 1 is 1.21 bits per heavy atom. The molecule has 0 N–H and O–H groups in total. The molecule has 3 aromatic heterocycles. The van der Waals surface area contributed by atoms with E-state index in [-0.39, 0.29) is 0 Å². The fraction of sp³-hybridized carbons (Fsp3) is 0.118. The second kappa shape index (κ2) is 6.26. The first kappa shape index (κ1) is 15.2. The third-order valence-corrected chi connectivity index (χ3v) is 4.98. The topological polar surface area (TPSA) is 52.3 Å². The van der Waals surface area contributed by atoms with E-state index in [4.69, 9.17) is 9.72 Å². The van der Waals surface area contributed by atoms with Crippen molar-refractivity contribution < 1.29 is 4.74 Å². The Kier molecular flexibility index (Phi) is 3.95. The van der Waals surface area contributed by atoms with Crippen LogP contribution < -0.4 is 4.74 Å². The predicted octanol–water partition coefficient (Wildman–Crippen LogP) is 4.25. The van der Waals surface area contributed by atoms with Crippen LogP contribution in [0, 0.1) is 0 Å². The molecule has 0 unspecified atom stereocenters. The molecular weight excluding hydrogens is 340 g/mol. The fourth-order valence-electron chi connectivity index (χ4n) is 2.57. The van der Waals surface area contributed by atoms with E-state index in [2.05, 4.69) is 14.4 Å². The van der Waals surface area contributed by atoms with Gasteiger partial charge < -0.3 is 4.74 Å². The van der Waals surface area contributed by atoms with Crippen molar-refractivity contribution in [3.8, 4) is 28.4 Å². The predicted molar refractivity (Wildman–Crippen MR) is 97.9 cm³/mol. The lowest BCUT2D eigenvalue weighted by Crippen LogP contribution is -1.94. The van der Waals surface area contributed by atoms with E-state index >= 15 is 0 Å². The molecule has 0 aliphatic heterocycles. The van der Waals surface area contributed by atoms with E-state index in [1.165, 1.54) is 11.8 Å². The van der Waals surface area contributed by atoms with Gasteiger partial charge in [-0.15, -0.1) is 11.3 Å². The number of thiazole rings is 1. The van der Waals surface area contributed by atoms with E-state index in [0.29, 0.717) is 0 Å². The molecule has 120 valence electrons. The Hall–Kier alpha value is -2.38. The first-order valence-electron chi connectivity index (χ1n) is 7.27. The number of thioether (sulfide) groups is 1. The summed E-state index contributed by atoms with van der Waals surface area (Å²) in [5.41, 5.74) is 3.73. The van der Waals surface area contributed by atoms with Gasteiger partial charge in [0.25, 0.3) is 0 Å². The quantitative estimate of drug-likeness (QED) is 0.405. The van der Waals surface area contributed by atoms with Crippen LogP contribution in [-0.2, 0) is 0 Å². The zero-order chi connectivity index (χ0) is 16.5. The molecule has 7 heteroatoms. The van der Waals surface area contributed by atoms with Crippen LogP contribution in [0.1, 0.15) is 0 Å². The molecule has 4 rings (SSSR count). The maximum absolute atomic E-state index is 5.35. The number of ether oxygens (including phenoxy) is 1. The van der Waals surface area contributed by atoms with Crippen molar-refractivity contribution in [2.75, 3.05) is 13.4 Å². The monoisotopic (exact) mass is 354 g/mol. The number of rotatable bonds is 4. The van der Waals surface area contributed by atoms with Gasteiger partial charge in [0.2, 0.25) is 0 Å². The van der Waals surface area contributed by atoms with E-state index in [0.717, 1.165) is 38.5 Å². The minimum atomic E-state index is 0.745. The summed E-state index contributed by atoms with van der Waals surface area (Å²) < 4.78 is 7.43. The van der Waals surface area contributed by atoms with Crippen LogP contribution in [0.5, 0.6) is 5.75 Å². The molecule has 0 aliphatic rings. The van der Waals surface area contributed by atoms with Crippen LogP contribution in [0.15, 0.2) is 53.3 Å². The summed E-state index contributed by atoms with van der Waals surface area (Å²) in [5.74, 6) is 0.808. The van der Waals surface area contributed by atoms with Gasteiger partial charge in [0, 0.05) is 23.3 Å². The minimum Gasteiger partial charge on any atom is -0.497 e. The molecule has 0 amide bonds. The Balaban J connectivity index is 1.97. The summed E-state index contributed by atoms with van der Waals surface area (Å²) in [6, 6.07) is 9.85. The second-order valence-corrected chi connectivity index (χ2v) is 6.67. The maximum Gasteiger partial charge on any atom is 0.194 e. The number of hydrogen-bond donors (Lipinski definition) is 0. The highest BCUT2D eigenvalue weighted by Crippen LogP contribution is 2.34. The average molecular weight is 354 g/mol. The van der Waals surface area contributed by atoms with Crippen molar-refractivity contribution in [3.63, 3.8) is 0 Å². The molecule has 0 aliphatic carbocycles. The number of fused-ring (bicyclic) bond motifs is 1. The van der Waals surface area contributed by atoms with Crippen molar-refractivity contribution in [1.82, 2.24) is 19.4 Å². The number of aromatic nitrogens is 4. The standard InChI is InChI=1S/C17H14N4OS2/c1-22-12-5-3-4-11(10-12)14-15(21-8-9-24-17(21)20-14)13-6-7-18-16(19-13)23-2/h3-10H,1-2H3. The van der Waals surface area contributed by atoms with Crippen molar-refractivity contribution in [3.05, 3.63) is 48.1 Å². The Bertz CT molecular complexity index is 1010. The van der Waals surface area contributed by atoms with Gasteiger partial charge in [-0.05, 0) is 24.5 Å². The first-order chi connectivity index (χ1) is 11.8. The number of nitrogens with zero attached hydrogens (tertiary/aromatic N) is 4. The van der Waals surface area contributed by atoms with E-state index in [1.807, 2.05) is 48.2 Å². The maximum atomic E-state index is 5.35. The zero-order valence-corrected chi connectivity index (χ0v) is 14.8. The molecule has 4 aromatic rings. The van der Waals surface area contributed by atoms with Crippen molar-refractivity contribution in [1.29, 1.82) is 0 Å². The number of hydrogen-bond acceptors (Lipinski definition) is 6. The molecule has 3 heterocycles. The first-order valence-corrected chi connectivity index (χ1v) is 9.38. The van der Waals surface area contributed by atoms with E-state index < -0.39 is 0 Å². The number of benzene rings is 1. The molecule has 0 radical (unpaired) electrons. The van der Waals surface area contributed by atoms with Gasteiger partial charge in [-0.3, -0.25) is 4.40 Å². The zero-order valence-electron chi connectivity index (χ0n) is 13.1. The van der Waals surface area contributed by atoms with Gasteiger partial charge in [-0.25, -0.2) is 15.0 Å². The Morgan fingerprint density at radius 3 is 2.96 bits per heavy atom. The smallest absolute Gasteiger partial charge is 0.194 e. The summed E-state index contributed by atoms with van der Waals surface area (Å²) in [6.07, 6.45) is 5.78. The highest BCUT2D eigenvalue weighted by molar-refractivity contribution is 7.98. The van der Waals surface area contributed by atoms with Gasteiger partial charge in [0.1, 0.15) is 11.4 Å². The van der Waals surface area contributed by atoms with Crippen LogP contribution in [0.3, 0.4) is 0 Å². The van der Waals surface area contributed by atoms with Gasteiger partial charge in [-0.1, -0.05) is 23.9 Å². The van der Waals surface area contributed by atoms with Crippen molar-refractivity contribution >= 4 is 28.1 Å². The molecule has 0 bridgehead atoms. The van der Waals surface area contributed by atoms with Crippen LogP contribution in [0.25, 0.3) is 27.6 Å². The number of methoxy groups -OCH3 is 1. The molecule has 0 atom stereocenters. The van der Waals surface area contributed by atoms with Gasteiger partial charge in [0.15, 0.2) is 10.1 Å². The summed E-state index contributed by atoms with van der Waals surface area (Å²) in [4.78, 5) is 14.7. The minimum absolute atomic E-state index is 0.745. The molecule has 24 heavy (non-hydrogen) atoms. The Morgan fingerprint density at radius 2 is 2.12 bits per heavy atom. The third-order valence-electron chi connectivity index (χ3n) is 3.66. The third kappa shape index (κ3) is 2.55. The van der Waals surface area contributed by atoms with Crippen LogP contribution >= 0.6 is 23.1 Å². The average Bonchev–Trinajstić information content (AvgIpc) is 3.22. The molecule has 5 nitrogen and oxygen atoms in total. The highest BCUT2D eigenvalue weighted by Gasteiger charge is 2.18. The lowest BCUT2D eigenvalue weighted by molar-refractivity contribution is 0.415. The molecule has 0 saturated heterocycles. The largest absolute Gasteiger partial charge is 0.497 e. The SMILES string of the molecule is COc1cccc(-c2nc3sccn3c2-c2ccnc(SC)n2)c1. The summed E-state index contributed by atoms with van der Waals surface area (Å²) in [6.45, 7) is 0. The normalized spacial score (nSPS) is 11.1. The second-order valence-electron chi connectivity index (χ2n) is 5.03. The van der Waals surface area contributed by atoms with Crippen molar-refractivity contribution in [2.45, 2.75) is 5.16 Å². The summed E-state index contributed by atoms with van der Waals surface area (Å²) in [7, 11) is 1.67. The molecule has 0 fully saturated rings. The van der Waals surface area contributed by atoms with E-state index in [1.54, 1.807) is 24.6 Å². The molecular formula is C17H14N4OS2. The Labute approximate surface area is 147 Å². The fourth-order valence-corrected chi connectivity index (χ4v) is 3.64. The van der Waals surface area contributed by atoms with Gasteiger partial charge in [0.05, 0.1) is 18.5 Å². The van der Waals surface area contributed by atoms with Gasteiger partial charge in [-0.2, -0.15) is 0 Å². The lowest BCUT2D eigenvalue weighted by atomic mass is 10.1. The molecule has 0 spiro atoms. The van der Waals surface area contributed by atoms with Crippen LogP contribution in [0.2, 0.25) is 0 Å². The summed E-state index contributed by atoms with van der Waals surface area (Å²) >= 11 is 3.13. The highest BCUT2D eigenvalue weighted by atomic mass is 32.2. The molecule has 0 saturated carbocycles. The van der Waals surface area contributed by atoms with E-state index in [9.17, 15) is 0 Å². The lowest BCUT2D eigenvalue weighted by Gasteiger charge is -2.06. The number of imidazole rings is 1. The van der Waals surface area contributed by atoms with Crippen LogP contribution in [0.4, 0.5) is 0 Å². The van der Waals surface area contributed by atoms with Crippen molar-refractivity contribution in [2.24, 2.45) is 0 Å². The summed E-state index contributed by atoms with van der Waals surface area (Å²) in [5, 5.41) is 2.77. The molecule has 1 aromatic carbocycles.